The van der Waals surface area contributed by atoms with Crippen LogP contribution in [0, 0.1) is 12.8 Å². The molecule has 0 heterocycles. The molecule has 19 heavy (non-hydrogen) atoms. The summed E-state index contributed by atoms with van der Waals surface area (Å²) in [6.07, 6.45) is 0.551. The maximum atomic E-state index is 10.4. The van der Waals surface area contributed by atoms with E-state index in [0.29, 0.717) is 5.92 Å². The van der Waals surface area contributed by atoms with Crippen molar-refractivity contribution in [2.45, 2.75) is 33.3 Å². The third kappa shape index (κ3) is 3.68. The summed E-state index contributed by atoms with van der Waals surface area (Å²) in [4.78, 5) is 0. The molecule has 0 aromatic heterocycles. The van der Waals surface area contributed by atoms with E-state index in [0.717, 1.165) is 17.5 Å². The van der Waals surface area contributed by atoms with Gasteiger partial charge in [-0.15, -0.1) is 0 Å². The Balaban J connectivity index is 2.15. The van der Waals surface area contributed by atoms with Crippen molar-refractivity contribution in [2.75, 3.05) is 0 Å². The van der Waals surface area contributed by atoms with Crippen LogP contribution in [0.2, 0.25) is 0 Å². The minimum absolute atomic E-state index is 0.534. The minimum Gasteiger partial charge on any atom is -0.384 e. The Morgan fingerprint density at radius 2 is 1.32 bits per heavy atom. The summed E-state index contributed by atoms with van der Waals surface area (Å²) in [5, 5.41) is 10.4. The lowest BCUT2D eigenvalue weighted by Gasteiger charge is -2.13. The summed E-state index contributed by atoms with van der Waals surface area (Å²) in [5.41, 5.74) is 4.44. The van der Waals surface area contributed by atoms with Crippen LogP contribution in [0.4, 0.5) is 0 Å². The maximum Gasteiger partial charge on any atom is 0.104 e. The van der Waals surface area contributed by atoms with E-state index < -0.39 is 6.10 Å². The summed E-state index contributed by atoms with van der Waals surface area (Å²) in [5.74, 6) is 0.660. The van der Waals surface area contributed by atoms with Crippen LogP contribution >= 0.6 is 0 Å². The predicted octanol–water partition coefficient (Wildman–Crippen LogP) is 4.28. The second kappa shape index (κ2) is 6.03. The van der Waals surface area contributed by atoms with E-state index in [1.807, 2.05) is 36.4 Å². The molecule has 0 amide bonds. The molecule has 0 aliphatic carbocycles. The topological polar surface area (TPSA) is 20.2 Å². The zero-order valence-corrected chi connectivity index (χ0v) is 11.9. The van der Waals surface area contributed by atoms with Crippen LogP contribution in [0.3, 0.4) is 0 Å². The van der Waals surface area contributed by atoms with Crippen molar-refractivity contribution in [1.82, 2.24) is 0 Å². The fourth-order valence-electron chi connectivity index (χ4n) is 2.25. The van der Waals surface area contributed by atoms with Gasteiger partial charge < -0.3 is 5.11 Å². The first-order chi connectivity index (χ1) is 9.06. The number of rotatable bonds is 4. The molecule has 0 fully saturated rings. The lowest BCUT2D eigenvalue weighted by atomic mass is 9.97. The first kappa shape index (κ1) is 13.8. The van der Waals surface area contributed by atoms with Crippen molar-refractivity contribution < 1.29 is 5.11 Å². The fraction of sp³-hybridized carbons (Fsp3) is 0.333. The number of aliphatic hydroxyl groups is 1. The molecular weight excluding hydrogens is 232 g/mol. The molecule has 100 valence electrons. The highest BCUT2D eigenvalue weighted by Crippen LogP contribution is 2.23. The number of hydrogen-bond acceptors (Lipinski definition) is 1. The van der Waals surface area contributed by atoms with Gasteiger partial charge in [-0.25, -0.2) is 0 Å². The molecule has 0 saturated carbocycles. The quantitative estimate of drug-likeness (QED) is 0.863. The Kier molecular flexibility index (Phi) is 4.39. The van der Waals surface area contributed by atoms with Crippen molar-refractivity contribution in [2.24, 2.45) is 5.92 Å². The van der Waals surface area contributed by atoms with Gasteiger partial charge in [-0.05, 0) is 36.0 Å². The molecule has 0 saturated heterocycles. The zero-order chi connectivity index (χ0) is 13.8. The molecular formula is C18H22O. The average molecular weight is 254 g/mol. The number of aliphatic hydroxyl groups excluding tert-OH is 1. The monoisotopic (exact) mass is 254 g/mol. The largest absolute Gasteiger partial charge is 0.384 e. The summed E-state index contributed by atoms with van der Waals surface area (Å²) in [7, 11) is 0. The second-order valence-electron chi connectivity index (χ2n) is 5.65. The first-order valence-corrected chi connectivity index (χ1v) is 6.89. The average Bonchev–Trinajstić information content (AvgIpc) is 2.39. The van der Waals surface area contributed by atoms with Gasteiger partial charge in [0.2, 0.25) is 0 Å². The lowest BCUT2D eigenvalue weighted by Crippen LogP contribution is -2.00. The highest BCUT2D eigenvalue weighted by Gasteiger charge is 2.10. The molecule has 1 N–H and O–H groups in total. The van der Waals surface area contributed by atoms with E-state index in [4.69, 9.17) is 0 Å². The molecule has 2 aromatic carbocycles. The molecule has 1 heteroatoms. The van der Waals surface area contributed by atoms with E-state index in [1.54, 1.807) is 0 Å². The van der Waals surface area contributed by atoms with Gasteiger partial charge in [0.05, 0.1) is 0 Å². The van der Waals surface area contributed by atoms with E-state index in [9.17, 15) is 5.11 Å². The Hall–Kier alpha value is -1.60. The number of benzene rings is 2. The first-order valence-electron chi connectivity index (χ1n) is 6.89. The van der Waals surface area contributed by atoms with E-state index >= 15 is 0 Å². The number of hydrogen-bond donors (Lipinski definition) is 1. The van der Waals surface area contributed by atoms with Crippen LogP contribution in [0.15, 0.2) is 48.5 Å². The Bertz CT molecular complexity index is 508. The van der Waals surface area contributed by atoms with Crippen LogP contribution in [0.1, 0.15) is 42.2 Å². The van der Waals surface area contributed by atoms with Crippen LogP contribution in [-0.4, -0.2) is 5.11 Å². The van der Waals surface area contributed by atoms with Gasteiger partial charge in [-0.2, -0.15) is 0 Å². The lowest BCUT2D eigenvalue weighted by molar-refractivity contribution is 0.220. The van der Waals surface area contributed by atoms with Crippen LogP contribution in [0.5, 0.6) is 0 Å². The van der Waals surface area contributed by atoms with Crippen molar-refractivity contribution >= 4 is 0 Å². The Morgan fingerprint density at radius 1 is 0.842 bits per heavy atom. The molecule has 0 spiro atoms. The highest BCUT2D eigenvalue weighted by atomic mass is 16.3. The van der Waals surface area contributed by atoms with Crippen molar-refractivity contribution in [3.63, 3.8) is 0 Å². The van der Waals surface area contributed by atoms with Crippen LogP contribution in [-0.2, 0) is 6.42 Å². The summed E-state index contributed by atoms with van der Waals surface area (Å²) in [6.45, 7) is 6.49. The number of aryl methyl sites for hydroxylation is 1. The van der Waals surface area contributed by atoms with Gasteiger partial charge in [0.1, 0.15) is 6.10 Å². The standard InChI is InChI=1S/C18H22O/c1-13(2)12-15-6-10-17(11-7-15)18(19)16-8-4-14(3)5-9-16/h4-11,13,18-19H,12H2,1-3H3. The van der Waals surface area contributed by atoms with Crippen molar-refractivity contribution in [3.05, 3.63) is 70.8 Å². The molecule has 2 rings (SSSR count). The van der Waals surface area contributed by atoms with Crippen molar-refractivity contribution in [1.29, 1.82) is 0 Å². The van der Waals surface area contributed by atoms with Gasteiger partial charge in [0.15, 0.2) is 0 Å². The molecule has 1 unspecified atom stereocenters. The molecule has 2 aromatic rings. The zero-order valence-electron chi connectivity index (χ0n) is 11.9. The Morgan fingerprint density at radius 3 is 1.79 bits per heavy atom. The molecule has 0 bridgehead atoms. The molecule has 0 aliphatic heterocycles. The van der Waals surface area contributed by atoms with Gasteiger partial charge in [-0.3, -0.25) is 0 Å². The van der Waals surface area contributed by atoms with Gasteiger partial charge in [0.25, 0.3) is 0 Å². The minimum atomic E-state index is -0.534. The summed E-state index contributed by atoms with van der Waals surface area (Å²) in [6, 6.07) is 16.3. The Labute approximate surface area is 115 Å². The third-order valence-electron chi connectivity index (χ3n) is 3.33. The van der Waals surface area contributed by atoms with Gasteiger partial charge in [-0.1, -0.05) is 67.9 Å². The van der Waals surface area contributed by atoms with Gasteiger partial charge >= 0.3 is 0 Å². The van der Waals surface area contributed by atoms with E-state index in [1.165, 1.54) is 11.1 Å². The van der Waals surface area contributed by atoms with Crippen LogP contribution < -0.4 is 0 Å². The predicted molar refractivity (Wildman–Crippen MR) is 80.2 cm³/mol. The van der Waals surface area contributed by atoms with Crippen LogP contribution in [0.25, 0.3) is 0 Å². The third-order valence-corrected chi connectivity index (χ3v) is 3.33. The van der Waals surface area contributed by atoms with Crippen molar-refractivity contribution in [3.8, 4) is 0 Å². The molecule has 1 atom stereocenters. The summed E-state index contributed by atoms with van der Waals surface area (Å²) >= 11 is 0. The highest BCUT2D eigenvalue weighted by molar-refractivity contribution is 5.33. The molecule has 0 radical (unpaired) electrons. The maximum absolute atomic E-state index is 10.4. The van der Waals surface area contributed by atoms with E-state index in [-0.39, 0.29) is 0 Å². The summed E-state index contributed by atoms with van der Waals surface area (Å²) < 4.78 is 0. The molecule has 0 aliphatic rings. The normalized spacial score (nSPS) is 12.7. The SMILES string of the molecule is Cc1ccc(C(O)c2ccc(CC(C)C)cc2)cc1. The fourth-order valence-corrected chi connectivity index (χ4v) is 2.25. The van der Waals surface area contributed by atoms with Gasteiger partial charge in [0, 0.05) is 0 Å². The molecule has 1 nitrogen and oxygen atoms in total. The van der Waals surface area contributed by atoms with E-state index in [2.05, 4.69) is 32.9 Å². The smallest absolute Gasteiger partial charge is 0.104 e. The second-order valence-corrected chi connectivity index (χ2v) is 5.65.